The maximum atomic E-state index is 11.9. The van der Waals surface area contributed by atoms with Crippen LogP contribution in [0.25, 0.3) is 0 Å². The Labute approximate surface area is 133 Å². The third-order valence-corrected chi connectivity index (χ3v) is 2.84. The molecule has 0 heterocycles. The summed E-state index contributed by atoms with van der Waals surface area (Å²) >= 11 is 0. The number of rotatable bonds is 6. The van der Waals surface area contributed by atoms with E-state index >= 15 is 0 Å². The normalized spacial score (nSPS) is 12.3. The summed E-state index contributed by atoms with van der Waals surface area (Å²) < 4.78 is 5.15. The van der Waals surface area contributed by atoms with Crippen molar-refractivity contribution in [2.45, 2.75) is 45.3 Å². The Morgan fingerprint density at radius 3 is 2.30 bits per heavy atom. The molecule has 0 aromatic heterocycles. The van der Waals surface area contributed by atoms with Crippen molar-refractivity contribution in [1.29, 1.82) is 0 Å². The maximum Gasteiger partial charge on any atom is 0.408 e. The van der Waals surface area contributed by atoms with Crippen LogP contribution in [0.3, 0.4) is 0 Å². The highest BCUT2D eigenvalue weighted by Gasteiger charge is 2.21. The van der Waals surface area contributed by atoms with E-state index in [1.807, 2.05) is 0 Å². The first kappa shape index (κ1) is 18.4. The Kier molecular flexibility index (Phi) is 6.06. The van der Waals surface area contributed by atoms with Gasteiger partial charge in [-0.25, -0.2) is 4.79 Å². The predicted octanol–water partition coefficient (Wildman–Crippen LogP) is 3.03. The standard InChI is InChI=1S/C15H20N2O6/c1-15(2,3)23-14(20)16-12(8-9-13(18)19)10-4-6-11(7-5-10)17(21)22/h4-7,12H,8-9H2,1-3H3,(H,16,20)(H,18,19)/t12-/m0/s1. The number of carbonyl (C=O) groups is 2. The third kappa shape index (κ3) is 6.77. The Morgan fingerprint density at radius 2 is 1.87 bits per heavy atom. The fourth-order valence-electron chi connectivity index (χ4n) is 1.87. The van der Waals surface area contributed by atoms with Crippen LogP contribution in [0.2, 0.25) is 0 Å². The van der Waals surface area contributed by atoms with Crippen LogP contribution in [0, 0.1) is 10.1 Å². The lowest BCUT2D eigenvalue weighted by atomic mass is 10.0. The molecule has 0 unspecified atom stereocenters. The fraction of sp³-hybridized carbons (Fsp3) is 0.467. The number of ether oxygens (including phenoxy) is 1. The van der Waals surface area contributed by atoms with Gasteiger partial charge in [-0.1, -0.05) is 12.1 Å². The van der Waals surface area contributed by atoms with E-state index in [2.05, 4.69) is 5.32 Å². The van der Waals surface area contributed by atoms with E-state index < -0.39 is 28.6 Å². The summed E-state index contributed by atoms with van der Waals surface area (Å²) in [6, 6.07) is 4.98. The number of carboxylic acids is 1. The van der Waals surface area contributed by atoms with Gasteiger partial charge in [-0.15, -0.1) is 0 Å². The highest BCUT2D eigenvalue weighted by Crippen LogP contribution is 2.22. The number of non-ortho nitro benzene ring substituents is 1. The number of nitro groups is 1. The molecule has 126 valence electrons. The maximum absolute atomic E-state index is 11.9. The minimum absolute atomic E-state index is 0.0806. The van der Waals surface area contributed by atoms with Crippen molar-refractivity contribution in [2.24, 2.45) is 0 Å². The molecule has 2 N–H and O–H groups in total. The average molecular weight is 324 g/mol. The molecule has 23 heavy (non-hydrogen) atoms. The molecule has 0 aliphatic rings. The van der Waals surface area contributed by atoms with E-state index in [9.17, 15) is 19.7 Å². The number of nitro benzene ring substituents is 1. The summed E-state index contributed by atoms with van der Waals surface area (Å²) in [4.78, 5) is 32.8. The van der Waals surface area contributed by atoms with Crippen molar-refractivity contribution >= 4 is 17.7 Å². The van der Waals surface area contributed by atoms with Gasteiger partial charge in [-0.2, -0.15) is 0 Å². The lowest BCUT2D eigenvalue weighted by Gasteiger charge is -2.23. The van der Waals surface area contributed by atoms with Crippen LogP contribution in [0.15, 0.2) is 24.3 Å². The Hall–Kier alpha value is -2.64. The number of nitrogens with zero attached hydrogens (tertiary/aromatic N) is 1. The largest absolute Gasteiger partial charge is 0.481 e. The Morgan fingerprint density at radius 1 is 1.30 bits per heavy atom. The van der Waals surface area contributed by atoms with Gasteiger partial charge in [-0.3, -0.25) is 14.9 Å². The molecule has 0 radical (unpaired) electrons. The van der Waals surface area contributed by atoms with Crippen LogP contribution in [0.5, 0.6) is 0 Å². The topological polar surface area (TPSA) is 119 Å². The zero-order valence-electron chi connectivity index (χ0n) is 13.2. The lowest BCUT2D eigenvalue weighted by molar-refractivity contribution is -0.384. The van der Waals surface area contributed by atoms with Crippen molar-refractivity contribution in [1.82, 2.24) is 5.32 Å². The van der Waals surface area contributed by atoms with Crippen LogP contribution < -0.4 is 5.32 Å². The summed E-state index contributed by atoms with van der Waals surface area (Å²) in [6.45, 7) is 5.14. The molecule has 1 atom stereocenters. The summed E-state index contributed by atoms with van der Waals surface area (Å²) in [7, 11) is 0. The number of hydrogen-bond acceptors (Lipinski definition) is 5. The number of carbonyl (C=O) groups excluding carboxylic acids is 1. The number of nitrogens with one attached hydrogen (secondary N) is 1. The number of hydrogen-bond donors (Lipinski definition) is 2. The molecule has 1 rings (SSSR count). The second-order valence-corrected chi connectivity index (χ2v) is 5.98. The van der Waals surface area contributed by atoms with E-state index in [4.69, 9.17) is 9.84 Å². The summed E-state index contributed by atoms with van der Waals surface area (Å²) in [5, 5.41) is 22.1. The number of aliphatic carboxylic acids is 1. The average Bonchev–Trinajstić information content (AvgIpc) is 2.41. The molecule has 1 amide bonds. The molecule has 1 aromatic carbocycles. The van der Waals surface area contributed by atoms with E-state index in [1.165, 1.54) is 24.3 Å². The van der Waals surface area contributed by atoms with Gasteiger partial charge in [0.2, 0.25) is 0 Å². The Balaban J connectivity index is 2.88. The monoisotopic (exact) mass is 324 g/mol. The third-order valence-electron chi connectivity index (χ3n) is 2.84. The van der Waals surface area contributed by atoms with Crippen molar-refractivity contribution in [3.8, 4) is 0 Å². The van der Waals surface area contributed by atoms with Gasteiger partial charge in [0.1, 0.15) is 5.60 Å². The first-order chi connectivity index (χ1) is 10.6. The molecule has 0 aliphatic heterocycles. The second-order valence-electron chi connectivity index (χ2n) is 5.98. The molecule has 0 aliphatic carbocycles. The van der Waals surface area contributed by atoms with Crippen molar-refractivity contribution < 1.29 is 24.4 Å². The number of carboxylic acid groups (broad SMARTS) is 1. The first-order valence-corrected chi connectivity index (χ1v) is 7.04. The molecular formula is C15H20N2O6. The molecule has 1 aromatic rings. The van der Waals surface area contributed by atoms with Crippen molar-refractivity contribution in [2.75, 3.05) is 0 Å². The van der Waals surface area contributed by atoms with E-state index in [-0.39, 0.29) is 18.5 Å². The zero-order valence-corrected chi connectivity index (χ0v) is 13.2. The molecule has 8 heteroatoms. The number of benzene rings is 1. The Bertz CT molecular complexity index is 577. The first-order valence-electron chi connectivity index (χ1n) is 7.04. The smallest absolute Gasteiger partial charge is 0.408 e. The highest BCUT2D eigenvalue weighted by molar-refractivity contribution is 5.69. The predicted molar refractivity (Wildman–Crippen MR) is 82.1 cm³/mol. The van der Waals surface area contributed by atoms with Gasteiger partial charge in [0.05, 0.1) is 11.0 Å². The second kappa shape index (κ2) is 7.57. The number of alkyl carbamates (subject to hydrolysis) is 1. The molecule has 0 bridgehead atoms. The zero-order chi connectivity index (χ0) is 17.6. The van der Waals surface area contributed by atoms with Crippen molar-refractivity contribution in [3.63, 3.8) is 0 Å². The van der Waals surface area contributed by atoms with E-state index in [0.717, 1.165) is 0 Å². The van der Waals surface area contributed by atoms with E-state index in [1.54, 1.807) is 20.8 Å². The van der Waals surface area contributed by atoms with Crippen LogP contribution in [-0.4, -0.2) is 27.7 Å². The van der Waals surface area contributed by atoms with Gasteiger partial charge in [0.25, 0.3) is 5.69 Å². The SMILES string of the molecule is CC(C)(C)OC(=O)N[C@@H](CCC(=O)O)c1ccc([N+](=O)[O-])cc1. The molecule has 0 spiro atoms. The van der Waals surface area contributed by atoms with Gasteiger partial charge >= 0.3 is 12.1 Å². The molecule has 8 nitrogen and oxygen atoms in total. The van der Waals surface area contributed by atoms with Gasteiger partial charge in [0.15, 0.2) is 0 Å². The summed E-state index contributed by atoms with van der Waals surface area (Å²) in [5.74, 6) is -0.997. The quantitative estimate of drug-likeness (QED) is 0.613. The van der Waals surface area contributed by atoms with Crippen molar-refractivity contribution in [3.05, 3.63) is 39.9 Å². The molecule has 0 fully saturated rings. The fourth-order valence-corrected chi connectivity index (χ4v) is 1.87. The summed E-state index contributed by atoms with van der Waals surface area (Å²) in [5.41, 5.74) is -0.192. The van der Waals surface area contributed by atoms with Crippen LogP contribution in [0.1, 0.15) is 45.2 Å². The van der Waals surface area contributed by atoms with Gasteiger partial charge in [0, 0.05) is 18.6 Å². The minimum atomic E-state index is -0.997. The summed E-state index contributed by atoms with van der Waals surface area (Å²) in [6.07, 6.45) is -0.685. The molecular weight excluding hydrogens is 304 g/mol. The van der Waals surface area contributed by atoms with Gasteiger partial charge < -0.3 is 15.2 Å². The van der Waals surface area contributed by atoms with Crippen LogP contribution >= 0.6 is 0 Å². The van der Waals surface area contributed by atoms with Gasteiger partial charge in [-0.05, 0) is 32.8 Å². The van der Waals surface area contributed by atoms with Crippen LogP contribution in [0.4, 0.5) is 10.5 Å². The minimum Gasteiger partial charge on any atom is -0.481 e. The van der Waals surface area contributed by atoms with E-state index in [0.29, 0.717) is 5.56 Å². The lowest BCUT2D eigenvalue weighted by Crippen LogP contribution is -2.35. The molecule has 0 saturated heterocycles. The molecule has 0 saturated carbocycles. The van der Waals surface area contributed by atoms with Crippen LogP contribution in [-0.2, 0) is 9.53 Å². The highest BCUT2D eigenvalue weighted by atomic mass is 16.6. The number of amides is 1.